The Kier molecular flexibility index (Phi) is 5.83. The van der Waals surface area contributed by atoms with Gasteiger partial charge in [0.15, 0.2) is 0 Å². The summed E-state index contributed by atoms with van der Waals surface area (Å²) >= 11 is 6.28. The summed E-state index contributed by atoms with van der Waals surface area (Å²) in [5.41, 5.74) is 1.57. The van der Waals surface area contributed by atoms with E-state index in [1.54, 1.807) is 18.6 Å². The minimum absolute atomic E-state index is 0. The number of halogens is 2. The van der Waals surface area contributed by atoms with Gasteiger partial charge in [0.2, 0.25) is 5.91 Å². The molecule has 0 saturated carbocycles. The van der Waals surface area contributed by atoms with E-state index in [-0.39, 0.29) is 24.2 Å². The molecular formula is C15H18Cl2N4O. The second kappa shape index (κ2) is 7.63. The standard InChI is InChI=1S/C15H17ClN4O.ClH/c16-13-9-12(1-2-14(13)20-8-7-18-10-20)19-15(21)11-3-5-17-6-4-11;/h1-2,7-11,17H,3-6H2,(H,19,21);1H. The van der Waals surface area contributed by atoms with Crippen LogP contribution in [0.2, 0.25) is 5.02 Å². The zero-order chi connectivity index (χ0) is 14.7. The molecule has 5 nitrogen and oxygen atoms in total. The topological polar surface area (TPSA) is 59.0 Å². The van der Waals surface area contributed by atoms with Crippen LogP contribution in [0.4, 0.5) is 5.69 Å². The average Bonchev–Trinajstić information content (AvgIpc) is 3.02. The Morgan fingerprint density at radius 1 is 1.36 bits per heavy atom. The molecule has 118 valence electrons. The van der Waals surface area contributed by atoms with Gasteiger partial charge in [-0.25, -0.2) is 4.98 Å². The molecule has 2 aromatic rings. The first kappa shape index (κ1) is 16.8. The first-order valence-corrected chi connectivity index (χ1v) is 7.41. The van der Waals surface area contributed by atoms with Crippen LogP contribution in [0.3, 0.4) is 0 Å². The molecule has 1 aliphatic rings. The van der Waals surface area contributed by atoms with E-state index in [0.29, 0.717) is 5.02 Å². The molecule has 2 heterocycles. The maximum absolute atomic E-state index is 12.2. The van der Waals surface area contributed by atoms with E-state index < -0.39 is 0 Å². The Labute approximate surface area is 140 Å². The van der Waals surface area contributed by atoms with Crippen molar-refractivity contribution in [3.63, 3.8) is 0 Å². The highest BCUT2D eigenvalue weighted by molar-refractivity contribution is 6.32. The van der Waals surface area contributed by atoms with Crippen LogP contribution in [-0.4, -0.2) is 28.5 Å². The van der Waals surface area contributed by atoms with Crippen molar-refractivity contribution in [3.8, 4) is 5.69 Å². The van der Waals surface area contributed by atoms with E-state index in [1.807, 2.05) is 22.9 Å². The molecular weight excluding hydrogens is 323 g/mol. The largest absolute Gasteiger partial charge is 0.326 e. The zero-order valence-corrected chi connectivity index (χ0v) is 13.5. The van der Waals surface area contributed by atoms with Crippen molar-refractivity contribution in [1.29, 1.82) is 0 Å². The predicted octanol–water partition coefficient (Wildman–Crippen LogP) is 2.89. The molecule has 0 atom stereocenters. The molecule has 22 heavy (non-hydrogen) atoms. The van der Waals surface area contributed by atoms with Gasteiger partial charge in [-0.2, -0.15) is 0 Å². The molecule has 0 spiro atoms. The monoisotopic (exact) mass is 340 g/mol. The first-order chi connectivity index (χ1) is 10.2. The molecule has 1 saturated heterocycles. The fraction of sp³-hybridized carbons (Fsp3) is 0.333. The third-order valence-corrected chi connectivity index (χ3v) is 4.01. The SMILES string of the molecule is Cl.O=C(Nc1ccc(-n2ccnc2)c(Cl)c1)C1CCNCC1. The van der Waals surface area contributed by atoms with Gasteiger partial charge in [-0.1, -0.05) is 11.6 Å². The van der Waals surface area contributed by atoms with Crippen molar-refractivity contribution in [2.75, 3.05) is 18.4 Å². The van der Waals surface area contributed by atoms with E-state index >= 15 is 0 Å². The number of carbonyl (C=O) groups is 1. The third-order valence-electron chi connectivity index (χ3n) is 3.71. The lowest BCUT2D eigenvalue weighted by atomic mass is 9.97. The van der Waals surface area contributed by atoms with Crippen LogP contribution in [0.5, 0.6) is 0 Å². The molecule has 1 aliphatic heterocycles. The Hall–Kier alpha value is -1.56. The number of hydrogen-bond acceptors (Lipinski definition) is 3. The number of aromatic nitrogens is 2. The highest BCUT2D eigenvalue weighted by atomic mass is 35.5. The van der Waals surface area contributed by atoms with E-state index in [9.17, 15) is 4.79 Å². The van der Waals surface area contributed by atoms with Crippen molar-refractivity contribution in [2.45, 2.75) is 12.8 Å². The van der Waals surface area contributed by atoms with Gasteiger partial charge in [0.05, 0.1) is 17.0 Å². The second-order valence-corrected chi connectivity index (χ2v) is 5.56. The van der Waals surface area contributed by atoms with Gasteiger partial charge in [-0.3, -0.25) is 4.79 Å². The molecule has 1 aromatic carbocycles. The fourth-order valence-electron chi connectivity index (χ4n) is 2.52. The summed E-state index contributed by atoms with van der Waals surface area (Å²) < 4.78 is 1.83. The highest BCUT2D eigenvalue weighted by Gasteiger charge is 2.21. The van der Waals surface area contributed by atoms with Gasteiger partial charge < -0.3 is 15.2 Å². The summed E-state index contributed by atoms with van der Waals surface area (Å²) in [6, 6.07) is 5.51. The van der Waals surface area contributed by atoms with Crippen LogP contribution in [0, 0.1) is 5.92 Å². The maximum atomic E-state index is 12.2. The van der Waals surface area contributed by atoms with E-state index in [4.69, 9.17) is 11.6 Å². The number of piperidine rings is 1. The zero-order valence-electron chi connectivity index (χ0n) is 12.0. The number of amides is 1. The van der Waals surface area contributed by atoms with Gasteiger partial charge in [-0.05, 0) is 44.1 Å². The highest BCUT2D eigenvalue weighted by Crippen LogP contribution is 2.25. The Bertz CT molecular complexity index is 624. The number of anilines is 1. The second-order valence-electron chi connectivity index (χ2n) is 5.15. The molecule has 1 aromatic heterocycles. The van der Waals surface area contributed by atoms with Gasteiger partial charge in [0, 0.05) is 24.0 Å². The molecule has 1 amide bonds. The number of carbonyl (C=O) groups excluding carboxylic acids is 1. The van der Waals surface area contributed by atoms with Crippen molar-refractivity contribution >= 4 is 35.6 Å². The molecule has 0 unspecified atom stereocenters. The normalized spacial score (nSPS) is 15.1. The summed E-state index contributed by atoms with van der Waals surface area (Å²) in [6.45, 7) is 1.80. The quantitative estimate of drug-likeness (QED) is 0.903. The van der Waals surface area contributed by atoms with E-state index in [1.165, 1.54) is 0 Å². The minimum atomic E-state index is 0. The van der Waals surface area contributed by atoms with Crippen molar-refractivity contribution in [2.24, 2.45) is 5.92 Å². The molecule has 1 fully saturated rings. The summed E-state index contributed by atoms with van der Waals surface area (Å²) in [4.78, 5) is 16.2. The lowest BCUT2D eigenvalue weighted by molar-refractivity contribution is -0.120. The average molecular weight is 341 g/mol. The first-order valence-electron chi connectivity index (χ1n) is 7.03. The van der Waals surface area contributed by atoms with Crippen LogP contribution in [0.1, 0.15) is 12.8 Å². The van der Waals surface area contributed by atoms with Crippen molar-refractivity contribution in [3.05, 3.63) is 41.9 Å². The van der Waals surface area contributed by atoms with Gasteiger partial charge in [0.25, 0.3) is 0 Å². The number of imidazole rings is 1. The molecule has 0 bridgehead atoms. The smallest absolute Gasteiger partial charge is 0.227 e. The molecule has 2 N–H and O–H groups in total. The van der Waals surface area contributed by atoms with Crippen molar-refractivity contribution < 1.29 is 4.79 Å². The van der Waals surface area contributed by atoms with Crippen LogP contribution >= 0.6 is 24.0 Å². The molecule has 3 rings (SSSR count). The number of nitrogens with zero attached hydrogens (tertiary/aromatic N) is 2. The van der Waals surface area contributed by atoms with Gasteiger partial charge >= 0.3 is 0 Å². The van der Waals surface area contributed by atoms with Crippen LogP contribution in [-0.2, 0) is 4.79 Å². The number of benzene rings is 1. The summed E-state index contributed by atoms with van der Waals surface area (Å²) in [5, 5.41) is 6.78. The predicted molar refractivity (Wildman–Crippen MR) is 90.0 cm³/mol. The minimum Gasteiger partial charge on any atom is -0.326 e. The summed E-state index contributed by atoms with van der Waals surface area (Å²) in [5.74, 6) is 0.154. The number of nitrogens with one attached hydrogen (secondary N) is 2. The summed E-state index contributed by atoms with van der Waals surface area (Å²) in [7, 11) is 0. The molecule has 7 heteroatoms. The van der Waals surface area contributed by atoms with Crippen LogP contribution < -0.4 is 10.6 Å². The maximum Gasteiger partial charge on any atom is 0.227 e. The van der Waals surface area contributed by atoms with Gasteiger partial charge in [-0.15, -0.1) is 12.4 Å². The van der Waals surface area contributed by atoms with Crippen molar-refractivity contribution in [1.82, 2.24) is 14.9 Å². The summed E-state index contributed by atoms with van der Waals surface area (Å²) in [6.07, 6.45) is 6.98. The third kappa shape index (κ3) is 3.80. The van der Waals surface area contributed by atoms with Crippen LogP contribution in [0.15, 0.2) is 36.9 Å². The lowest BCUT2D eigenvalue weighted by Crippen LogP contribution is -2.34. The van der Waals surface area contributed by atoms with E-state index in [0.717, 1.165) is 37.3 Å². The molecule has 0 aliphatic carbocycles. The number of rotatable bonds is 3. The van der Waals surface area contributed by atoms with Crippen LogP contribution in [0.25, 0.3) is 5.69 Å². The Morgan fingerprint density at radius 2 is 2.14 bits per heavy atom. The Morgan fingerprint density at radius 3 is 2.77 bits per heavy atom. The lowest BCUT2D eigenvalue weighted by Gasteiger charge is -2.21. The Balaban J connectivity index is 0.00000176. The molecule has 0 radical (unpaired) electrons. The van der Waals surface area contributed by atoms with Gasteiger partial charge in [0.1, 0.15) is 0 Å². The van der Waals surface area contributed by atoms with E-state index in [2.05, 4.69) is 15.6 Å². The fourth-order valence-corrected chi connectivity index (χ4v) is 2.80. The number of hydrogen-bond donors (Lipinski definition) is 2.